The van der Waals surface area contributed by atoms with Gasteiger partial charge in [0.05, 0.1) is 37.8 Å². The van der Waals surface area contributed by atoms with E-state index in [0.717, 1.165) is 25.8 Å². The van der Waals surface area contributed by atoms with E-state index in [1.165, 1.54) is 37.7 Å². The summed E-state index contributed by atoms with van der Waals surface area (Å²) in [5.41, 5.74) is 3.09. The van der Waals surface area contributed by atoms with Gasteiger partial charge in [-0.25, -0.2) is 4.98 Å². The van der Waals surface area contributed by atoms with Gasteiger partial charge in [0.2, 0.25) is 10.9 Å². The Labute approximate surface area is 209 Å². The van der Waals surface area contributed by atoms with Crippen LogP contribution in [-0.2, 0) is 0 Å². The van der Waals surface area contributed by atoms with E-state index in [0.29, 0.717) is 27.9 Å². The van der Waals surface area contributed by atoms with Crippen molar-refractivity contribution in [3.05, 3.63) is 75.8 Å². The predicted molar refractivity (Wildman–Crippen MR) is 139 cm³/mol. The molecule has 0 N–H and O–H groups in total. The fraction of sp³-hybridized carbons (Fsp3) is 0.160. The maximum atomic E-state index is 13.7. The SMILES string of the molecule is COc1cc(C(=O)N(/N=C/c2ccc(C)cc2)c2nc3ccc(Br)cc3s2)cc(OC)c1OC. The Kier molecular flexibility index (Phi) is 7.14. The largest absolute Gasteiger partial charge is 0.493 e. The van der Waals surface area contributed by atoms with E-state index in [-0.39, 0.29) is 5.91 Å². The predicted octanol–water partition coefficient (Wildman–Crippen LogP) is 6.07. The number of rotatable bonds is 7. The summed E-state index contributed by atoms with van der Waals surface area (Å²) in [6.45, 7) is 2.01. The van der Waals surface area contributed by atoms with E-state index in [1.807, 2.05) is 49.4 Å². The number of carbonyl (C=O) groups is 1. The molecule has 0 aliphatic rings. The molecule has 1 heterocycles. The van der Waals surface area contributed by atoms with Gasteiger partial charge < -0.3 is 14.2 Å². The number of aryl methyl sites for hydroxylation is 1. The molecule has 9 heteroatoms. The minimum Gasteiger partial charge on any atom is -0.493 e. The van der Waals surface area contributed by atoms with Gasteiger partial charge in [-0.05, 0) is 42.8 Å². The maximum absolute atomic E-state index is 13.7. The number of fused-ring (bicyclic) bond motifs is 1. The minimum absolute atomic E-state index is 0.316. The number of carbonyl (C=O) groups excluding carboxylic acids is 1. The summed E-state index contributed by atoms with van der Waals surface area (Å²) in [5, 5.41) is 6.25. The summed E-state index contributed by atoms with van der Waals surface area (Å²) < 4.78 is 18.1. The molecule has 0 radical (unpaired) electrons. The van der Waals surface area contributed by atoms with Crippen LogP contribution in [0.2, 0.25) is 0 Å². The standard InChI is InChI=1S/C25H22BrN3O4S/c1-15-5-7-16(8-6-15)14-27-29(25-28-19-10-9-18(26)13-22(19)34-25)24(30)17-11-20(31-2)23(33-4)21(12-17)32-3/h5-14H,1-4H3/b27-14+. The monoisotopic (exact) mass is 539 g/mol. The van der Waals surface area contributed by atoms with Gasteiger partial charge in [-0.15, -0.1) is 0 Å². The van der Waals surface area contributed by atoms with Crippen LogP contribution in [-0.4, -0.2) is 38.4 Å². The summed E-state index contributed by atoms with van der Waals surface area (Å²) in [6, 6.07) is 16.8. The Balaban J connectivity index is 1.81. The molecule has 1 aromatic heterocycles. The summed E-state index contributed by atoms with van der Waals surface area (Å²) >= 11 is 4.86. The van der Waals surface area contributed by atoms with Crippen molar-refractivity contribution >= 4 is 54.7 Å². The van der Waals surface area contributed by atoms with Crippen LogP contribution in [0, 0.1) is 6.92 Å². The average molecular weight is 540 g/mol. The van der Waals surface area contributed by atoms with E-state index in [9.17, 15) is 4.79 Å². The van der Waals surface area contributed by atoms with Gasteiger partial charge in [0.1, 0.15) is 0 Å². The van der Waals surface area contributed by atoms with Crippen molar-refractivity contribution in [2.45, 2.75) is 6.92 Å². The van der Waals surface area contributed by atoms with Crippen molar-refractivity contribution < 1.29 is 19.0 Å². The molecule has 4 aromatic rings. The number of ether oxygens (including phenoxy) is 3. The lowest BCUT2D eigenvalue weighted by Gasteiger charge is -2.17. The zero-order chi connectivity index (χ0) is 24.2. The lowest BCUT2D eigenvalue weighted by Crippen LogP contribution is -2.25. The molecular weight excluding hydrogens is 518 g/mol. The zero-order valence-corrected chi connectivity index (χ0v) is 21.4. The number of thiazole rings is 1. The normalized spacial score (nSPS) is 11.1. The molecule has 3 aromatic carbocycles. The highest BCUT2D eigenvalue weighted by Gasteiger charge is 2.24. The average Bonchev–Trinajstić information content (AvgIpc) is 3.26. The Morgan fingerprint density at radius 2 is 1.68 bits per heavy atom. The number of amides is 1. The first-order valence-corrected chi connectivity index (χ1v) is 11.9. The summed E-state index contributed by atoms with van der Waals surface area (Å²) in [6.07, 6.45) is 1.64. The molecular formula is C25H22BrN3O4S. The lowest BCUT2D eigenvalue weighted by atomic mass is 10.1. The number of methoxy groups -OCH3 is 3. The quantitative estimate of drug-likeness (QED) is 0.210. The van der Waals surface area contributed by atoms with E-state index < -0.39 is 0 Å². The minimum atomic E-state index is -0.388. The molecule has 34 heavy (non-hydrogen) atoms. The summed E-state index contributed by atoms with van der Waals surface area (Å²) in [4.78, 5) is 18.4. The first-order chi connectivity index (χ1) is 16.4. The third-order valence-electron chi connectivity index (χ3n) is 5.02. The molecule has 1 amide bonds. The van der Waals surface area contributed by atoms with Gasteiger partial charge in [0.25, 0.3) is 5.91 Å². The number of hydrogen-bond donors (Lipinski definition) is 0. The van der Waals surface area contributed by atoms with Crippen LogP contribution in [0.4, 0.5) is 5.13 Å². The molecule has 0 bridgehead atoms. The third kappa shape index (κ3) is 4.90. The van der Waals surface area contributed by atoms with Gasteiger partial charge >= 0.3 is 0 Å². The number of benzene rings is 3. The molecule has 174 valence electrons. The lowest BCUT2D eigenvalue weighted by molar-refractivity contribution is 0.0987. The fourth-order valence-electron chi connectivity index (χ4n) is 3.27. The molecule has 0 saturated carbocycles. The first-order valence-electron chi connectivity index (χ1n) is 10.2. The molecule has 0 spiro atoms. The van der Waals surface area contributed by atoms with Gasteiger partial charge in [-0.3, -0.25) is 4.79 Å². The van der Waals surface area contributed by atoms with Crippen molar-refractivity contribution in [2.24, 2.45) is 5.10 Å². The zero-order valence-electron chi connectivity index (χ0n) is 19.0. The number of nitrogens with zero attached hydrogens (tertiary/aromatic N) is 3. The second kappa shape index (κ2) is 10.2. The Morgan fingerprint density at radius 3 is 2.29 bits per heavy atom. The molecule has 7 nitrogen and oxygen atoms in total. The van der Waals surface area contributed by atoms with E-state index in [2.05, 4.69) is 26.0 Å². The van der Waals surface area contributed by atoms with Crippen LogP contribution in [0.1, 0.15) is 21.5 Å². The smallest absolute Gasteiger partial charge is 0.281 e. The Morgan fingerprint density at radius 1 is 1.00 bits per heavy atom. The first kappa shape index (κ1) is 23.7. The van der Waals surface area contributed by atoms with Crippen molar-refractivity contribution in [3.63, 3.8) is 0 Å². The van der Waals surface area contributed by atoms with Crippen LogP contribution in [0.15, 0.2) is 64.2 Å². The molecule has 0 atom stereocenters. The highest BCUT2D eigenvalue weighted by atomic mass is 79.9. The molecule has 0 fully saturated rings. The second-order valence-electron chi connectivity index (χ2n) is 7.29. The van der Waals surface area contributed by atoms with E-state index in [4.69, 9.17) is 14.2 Å². The van der Waals surface area contributed by atoms with Crippen LogP contribution < -0.4 is 19.2 Å². The molecule has 0 unspecified atom stereocenters. The van der Waals surface area contributed by atoms with Gasteiger partial charge in [-0.1, -0.05) is 57.1 Å². The van der Waals surface area contributed by atoms with Crippen molar-refractivity contribution in [1.82, 2.24) is 4.98 Å². The van der Waals surface area contributed by atoms with Crippen LogP contribution in [0.25, 0.3) is 10.2 Å². The number of hydrazone groups is 1. The highest BCUT2D eigenvalue weighted by Crippen LogP contribution is 2.39. The van der Waals surface area contributed by atoms with Gasteiger partial charge in [0.15, 0.2) is 11.5 Å². The highest BCUT2D eigenvalue weighted by molar-refractivity contribution is 9.10. The van der Waals surface area contributed by atoms with E-state index >= 15 is 0 Å². The van der Waals surface area contributed by atoms with Crippen LogP contribution in [0.3, 0.4) is 0 Å². The van der Waals surface area contributed by atoms with Gasteiger partial charge in [-0.2, -0.15) is 10.1 Å². The summed E-state index contributed by atoms with van der Waals surface area (Å²) in [5.74, 6) is 0.767. The Bertz CT molecular complexity index is 1340. The number of halogens is 1. The summed E-state index contributed by atoms with van der Waals surface area (Å²) in [7, 11) is 4.52. The van der Waals surface area contributed by atoms with Crippen LogP contribution in [0.5, 0.6) is 17.2 Å². The number of aromatic nitrogens is 1. The van der Waals surface area contributed by atoms with Crippen molar-refractivity contribution in [1.29, 1.82) is 0 Å². The molecule has 0 aliphatic heterocycles. The van der Waals surface area contributed by atoms with E-state index in [1.54, 1.807) is 18.3 Å². The van der Waals surface area contributed by atoms with Crippen molar-refractivity contribution in [2.75, 3.05) is 26.3 Å². The number of hydrogen-bond acceptors (Lipinski definition) is 7. The molecule has 0 aliphatic carbocycles. The Hall–Kier alpha value is -3.43. The topological polar surface area (TPSA) is 73.2 Å². The fourth-order valence-corrected chi connectivity index (χ4v) is 4.74. The molecule has 0 saturated heterocycles. The molecule has 4 rings (SSSR count). The number of anilines is 1. The second-order valence-corrected chi connectivity index (χ2v) is 9.22. The van der Waals surface area contributed by atoms with Gasteiger partial charge in [0, 0.05) is 10.0 Å². The van der Waals surface area contributed by atoms with Crippen molar-refractivity contribution in [3.8, 4) is 17.2 Å². The third-order valence-corrected chi connectivity index (χ3v) is 6.51. The van der Waals surface area contributed by atoms with Crippen LogP contribution >= 0.6 is 27.3 Å². The maximum Gasteiger partial charge on any atom is 0.281 e.